The number of pyridine rings is 1. The van der Waals surface area contributed by atoms with Gasteiger partial charge in [0.15, 0.2) is 0 Å². The van der Waals surface area contributed by atoms with Gasteiger partial charge in [0, 0.05) is 55.9 Å². The van der Waals surface area contributed by atoms with Crippen LogP contribution in [0.2, 0.25) is 0 Å². The highest BCUT2D eigenvalue weighted by Gasteiger charge is 2.50. The minimum absolute atomic E-state index is 0.0439. The van der Waals surface area contributed by atoms with E-state index in [0.717, 1.165) is 69.8 Å². The second-order valence-corrected chi connectivity index (χ2v) is 9.79. The number of nitrogens with one attached hydrogen (secondary N) is 2. The van der Waals surface area contributed by atoms with Gasteiger partial charge in [-0.1, -0.05) is 6.08 Å². The third-order valence-electron chi connectivity index (χ3n) is 7.87. The van der Waals surface area contributed by atoms with E-state index in [0.29, 0.717) is 13.1 Å². The second-order valence-electron chi connectivity index (χ2n) is 9.79. The summed E-state index contributed by atoms with van der Waals surface area (Å²) in [5, 5.41) is 16.7. The van der Waals surface area contributed by atoms with Gasteiger partial charge in [0.2, 0.25) is 5.91 Å². The molecule has 5 rings (SSSR count). The van der Waals surface area contributed by atoms with Crippen molar-refractivity contribution in [1.29, 1.82) is 0 Å². The molecule has 0 spiro atoms. The molecule has 2 fully saturated rings. The summed E-state index contributed by atoms with van der Waals surface area (Å²) < 4.78 is 7.24. The van der Waals surface area contributed by atoms with Gasteiger partial charge in [0.25, 0.3) is 5.56 Å². The zero-order valence-electron chi connectivity index (χ0n) is 19.3. The Morgan fingerprint density at radius 2 is 2.09 bits per heavy atom. The molecular formula is C25H36N4O4. The van der Waals surface area contributed by atoms with E-state index in [4.69, 9.17) is 4.74 Å². The first-order valence-electron chi connectivity index (χ1n) is 12.5. The van der Waals surface area contributed by atoms with Crippen molar-refractivity contribution in [1.82, 2.24) is 20.1 Å². The number of ether oxygens (including phenoxy) is 1. The third-order valence-corrected chi connectivity index (χ3v) is 7.87. The van der Waals surface area contributed by atoms with E-state index in [1.165, 1.54) is 12.0 Å². The lowest BCUT2D eigenvalue weighted by Crippen LogP contribution is -2.47. The van der Waals surface area contributed by atoms with Gasteiger partial charge in [0.1, 0.15) is 0 Å². The van der Waals surface area contributed by atoms with Crippen molar-refractivity contribution in [2.75, 3.05) is 46.0 Å². The Labute approximate surface area is 195 Å². The number of carbonyl (C=O) groups excluding carboxylic acids is 1. The Morgan fingerprint density at radius 1 is 1.24 bits per heavy atom. The minimum Gasteiger partial charge on any atom is -0.396 e. The monoisotopic (exact) mass is 456 g/mol. The van der Waals surface area contributed by atoms with Gasteiger partial charge in [-0.25, -0.2) is 0 Å². The first-order chi connectivity index (χ1) is 16.2. The number of aliphatic hydroxyl groups is 1. The van der Waals surface area contributed by atoms with Crippen LogP contribution >= 0.6 is 0 Å². The predicted molar refractivity (Wildman–Crippen MR) is 126 cm³/mol. The largest absolute Gasteiger partial charge is 0.396 e. The van der Waals surface area contributed by atoms with Crippen LogP contribution in [-0.4, -0.2) is 72.5 Å². The fraction of sp³-hybridized carbons (Fsp3) is 0.680. The number of amides is 1. The summed E-state index contributed by atoms with van der Waals surface area (Å²) in [5.41, 5.74) is 2.98. The summed E-state index contributed by atoms with van der Waals surface area (Å²) in [6.45, 7) is 5.52. The molecule has 2 saturated heterocycles. The van der Waals surface area contributed by atoms with Crippen LogP contribution in [0.15, 0.2) is 23.0 Å². The van der Waals surface area contributed by atoms with E-state index in [2.05, 4.69) is 21.6 Å². The Morgan fingerprint density at radius 3 is 2.85 bits per heavy atom. The van der Waals surface area contributed by atoms with E-state index >= 15 is 0 Å². The van der Waals surface area contributed by atoms with E-state index in [9.17, 15) is 14.7 Å². The minimum atomic E-state index is -0.432. The van der Waals surface area contributed by atoms with Crippen LogP contribution in [0.4, 0.5) is 0 Å². The summed E-state index contributed by atoms with van der Waals surface area (Å²) in [6.07, 6.45) is 7.43. The number of hydrogen-bond acceptors (Lipinski definition) is 6. The van der Waals surface area contributed by atoms with Gasteiger partial charge < -0.3 is 19.7 Å². The van der Waals surface area contributed by atoms with Crippen molar-refractivity contribution in [3.05, 3.63) is 39.8 Å². The Balaban J connectivity index is 1.22. The zero-order chi connectivity index (χ0) is 22.8. The number of aromatic nitrogens is 1. The lowest BCUT2D eigenvalue weighted by Gasteiger charge is -2.26. The van der Waals surface area contributed by atoms with E-state index in [-0.39, 0.29) is 36.0 Å². The fourth-order valence-electron chi connectivity index (χ4n) is 6.03. The van der Waals surface area contributed by atoms with Crippen molar-refractivity contribution in [2.45, 2.75) is 50.7 Å². The maximum absolute atomic E-state index is 13.2. The molecule has 4 heterocycles. The standard InChI is InChI=1S/C25H36N4O4/c30-16-20-19-15-29-21(8-7-18(25(29)32)17-5-2-1-3-6-17)22(19)27-23(20)24(31)26-9-4-10-28-11-13-33-14-12-28/h5,7-8,19-20,22-23,27,30H,1-4,6,9-16H2,(H,26,31)/t19-,20-,22+,23-/m0/s1. The molecule has 1 aromatic rings. The quantitative estimate of drug-likeness (QED) is 0.528. The second kappa shape index (κ2) is 10.1. The molecule has 8 heteroatoms. The summed E-state index contributed by atoms with van der Waals surface area (Å²) in [4.78, 5) is 28.5. The van der Waals surface area contributed by atoms with Crippen molar-refractivity contribution in [3.8, 4) is 0 Å². The maximum atomic E-state index is 13.2. The van der Waals surface area contributed by atoms with Crippen molar-refractivity contribution in [2.24, 2.45) is 11.8 Å². The van der Waals surface area contributed by atoms with Crippen LogP contribution in [0.1, 0.15) is 49.4 Å². The van der Waals surface area contributed by atoms with Gasteiger partial charge in [-0.3, -0.25) is 19.8 Å². The number of allylic oxidation sites excluding steroid dienone is 2. The molecule has 0 bridgehead atoms. The highest BCUT2D eigenvalue weighted by Crippen LogP contribution is 2.42. The maximum Gasteiger partial charge on any atom is 0.258 e. The van der Waals surface area contributed by atoms with E-state index < -0.39 is 6.04 Å². The summed E-state index contributed by atoms with van der Waals surface area (Å²) in [7, 11) is 0. The van der Waals surface area contributed by atoms with Gasteiger partial charge in [0.05, 0.1) is 25.3 Å². The molecule has 1 amide bonds. The molecule has 3 aliphatic heterocycles. The van der Waals surface area contributed by atoms with E-state index in [1.54, 1.807) is 0 Å². The molecule has 0 aromatic carbocycles. The molecule has 0 saturated carbocycles. The first-order valence-corrected chi connectivity index (χ1v) is 12.5. The van der Waals surface area contributed by atoms with Crippen LogP contribution in [0.25, 0.3) is 5.57 Å². The van der Waals surface area contributed by atoms with Crippen molar-refractivity contribution in [3.63, 3.8) is 0 Å². The van der Waals surface area contributed by atoms with Crippen LogP contribution in [0.3, 0.4) is 0 Å². The van der Waals surface area contributed by atoms with Gasteiger partial charge in [-0.15, -0.1) is 0 Å². The fourth-order valence-corrected chi connectivity index (χ4v) is 6.03. The molecule has 8 nitrogen and oxygen atoms in total. The lowest BCUT2D eigenvalue weighted by molar-refractivity contribution is -0.124. The number of hydrogen-bond donors (Lipinski definition) is 3. The molecule has 4 atom stereocenters. The number of aliphatic hydroxyl groups excluding tert-OH is 1. The number of rotatable bonds is 7. The lowest BCUT2D eigenvalue weighted by atomic mass is 9.88. The highest BCUT2D eigenvalue weighted by atomic mass is 16.5. The molecular weight excluding hydrogens is 420 g/mol. The van der Waals surface area contributed by atoms with Crippen LogP contribution in [0, 0.1) is 11.8 Å². The number of carbonyl (C=O) groups is 1. The number of fused-ring (bicyclic) bond motifs is 3. The Kier molecular flexibility index (Phi) is 6.97. The molecule has 0 unspecified atom stereocenters. The molecule has 33 heavy (non-hydrogen) atoms. The average molecular weight is 457 g/mol. The van der Waals surface area contributed by atoms with Crippen LogP contribution in [-0.2, 0) is 16.1 Å². The smallest absolute Gasteiger partial charge is 0.258 e. The van der Waals surface area contributed by atoms with E-state index in [1.807, 2.05) is 16.7 Å². The molecule has 4 aliphatic rings. The van der Waals surface area contributed by atoms with Crippen molar-refractivity contribution < 1.29 is 14.6 Å². The topological polar surface area (TPSA) is 95.8 Å². The summed E-state index contributed by atoms with van der Waals surface area (Å²) >= 11 is 0. The summed E-state index contributed by atoms with van der Waals surface area (Å²) in [5.74, 6) is -0.211. The Hall–Kier alpha value is -2.00. The zero-order valence-corrected chi connectivity index (χ0v) is 19.3. The van der Waals surface area contributed by atoms with Crippen LogP contribution in [0.5, 0.6) is 0 Å². The third kappa shape index (κ3) is 4.54. The normalized spacial score (nSPS) is 29.4. The number of morpholine rings is 1. The van der Waals surface area contributed by atoms with Crippen molar-refractivity contribution >= 4 is 11.5 Å². The average Bonchev–Trinajstić information content (AvgIpc) is 3.40. The molecule has 0 radical (unpaired) electrons. The molecule has 180 valence electrons. The molecule has 1 aliphatic carbocycles. The highest BCUT2D eigenvalue weighted by molar-refractivity contribution is 5.82. The van der Waals surface area contributed by atoms with Gasteiger partial charge in [-0.05, 0) is 56.4 Å². The SMILES string of the molecule is O=C(NCCCN1CCOCC1)[C@H]1N[C@H]2c3ccc(C4=CCCCC4)c(=O)n3C[C@H]2[C@@H]1CO. The number of nitrogens with zero attached hydrogens (tertiary/aromatic N) is 2. The predicted octanol–water partition coefficient (Wildman–Crippen LogP) is 0.895. The Bertz CT molecular complexity index is 952. The van der Waals surface area contributed by atoms with Gasteiger partial charge >= 0.3 is 0 Å². The first kappa shape index (κ1) is 22.8. The van der Waals surface area contributed by atoms with Crippen LogP contribution < -0.4 is 16.2 Å². The van der Waals surface area contributed by atoms with Gasteiger partial charge in [-0.2, -0.15) is 0 Å². The molecule has 1 aromatic heterocycles. The molecule has 3 N–H and O–H groups in total. The summed E-state index contributed by atoms with van der Waals surface area (Å²) in [6, 6.07) is 3.50.